The first kappa shape index (κ1) is 5.53. The van der Waals surface area contributed by atoms with Crippen LogP contribution in [0.15, 0.2) is 29.0 Å². The predicted octanol–water partition coefficient (Wildman–Crippen LogP) is -0.0274. The lowest BCUT2D eigenvalue weighted by Gasteiger charge is -2.18. The van der Waals surface area contributed by atoms with E-state index < -0.39 is 0 Å². The second-order valence-electron chi connectivity index (χ2n) is 2.46. The quantitative estimate of drug-likeness (QED) is 0.490. The molecule has 3 nitrogen and oxygen atoms in total. The molecule has 0 aromatic heterocycles. The maximum atomic E-state index is 5.70. The van der Waals surface area contributed by atoms with E-state index in [4.69, 9.17) is 5.73 Å². The Bertz CT molecular complexity index is 227. The number of hydrogen-bond donors (Lipinski definition) is 2. The highest BCUT2D eigenvalue weighted by atomic mass is 15.1. The van der Waals surface area contributed by atoms with Crippen molar-refractivity contribution in [3.05, 3.63) is 24.0 Å². The van der Waals surface area contributed by atoms with Gasteiger partial charge in [0.15, 0.2) is 0 Å². The van der Waals surface area contributed by atoms with E-state index in [0.717, 1.165) is 5.70 Å². The molecule has 0 aliphatic carbocycles. The molecule has 2 aliphatic rings. The molecule has 0 aromatic rings. The lowest BCUT2D eigenvalue weighted by atomic mass is 10.0. The lowest BCUT2D eigenvalue weighted by molar-refractivity contribution is 0.546. The van der Waals surface area contributed by atoms with E-state index in [-0.39, 0.29) is 12.1 Å². The highest BCUT2D eigenvalue weighted by Crippen LogP contribution is 2.20. The molecule has 0 radical (unpaired) electrons. The molecule has 0 spiro atoms. The summed E-state index contributed by atoms with van der Waals surface area (Å²) in [6.07, 6.45) is 7.69. The van der Waals surface area contributed by atoms with Crippen molar-refractivity contribution < 1.29 is 0 Å². The molecule has 2 unspecified atom stereocenters. The van der Waals surface area contributed by atoms with Crippen LogP contribution in [0.3, 0.4) is 0 Å². The van der Waals surface area contributed by atoms with Crippen LogP contribution >= 0.6 is 0 Å². The van der Waals surface area contributed by atoms with Gasteiger partial charge in [0.05, 0.1) is 5.92 Å². The molecule has 10 heavy (non-hydrogen) atoms. The largest absolute Gasteiger partial charge is 0.401 e. The summed E-state index contributed by atoms with van der Waals surface area (Å²) >= 11 is 0. The fraction of sp³-hybridized carbons (Fsp3) is 0.286. The third kappa shape index (κ3) is 0.635. The van der Waals surface area contributed by atoms with Crippen LogP contribution in [-0.4, -0.2) is 12.4 Å². The van der Waals surface area contributed by atoms with Gasteiger partial charge in [0, 0.05) is 11.9 Å². The van der Waals surface area contributed by atoms with E-state index in [2.05, 4.69) is 10.3 Å². The van der Waals surface area contributed by atoms with E-state index in [0.29, 0.717) is 0 Å². The zero-order valence-corrected chi connectivity index (χ0v) is 5.49. The summed E-state index contributed by atoms with van der Waals surface area (Å²) < 4.78 is 0. The number of rotatable bonds is 0. The van der Waals surface area contributed by atoms with Crippen LogP contribution in [-0.2, 0) is 0 Å². The Morgan fingerprint density at radius 3 is 3.30 bits per heavy atom. The maximum Gasteiger partial charge on any atom is 0.130 e. The number of fused-ring (bicyclic) bond motifs is 1. The van der Waals surface area contributed by atoms with Crippen molar-refractivity contribution in [1.82, 2.24) is 5.32 Å². The zero-order valence-electron chi connectivity index (χ0n) is 5.49. The number of nitrogens with two attached hydrogens (primary N) is 1. The number of nitrogens with one attached hydrogen (secondary N) is 1. The van der Waals surface area contributed by atoms with Crippen molar-refractivity contribution in [2.75, 3.05) is 0 Å². The molecule has 52 valence electrons. The first-order valence-corrected chi connectivity index (χ1v) is 3.29. The van der Waals surface area contributed by atoms with Gasteiger partial charge in [-0.3, -0.25) is 4.99 Å². The molecule has 0 aromatic carbocycles. The number of allylic oxidation sites excluding steroid dienone is 1. The first-order valence-electron chi connectivity index (χ1n) is 3.29. The Balaban J connectivity index is 2.30. The third-order valence-electron chi connectivity index (χ3n) is 1.81. The Morgan fingerprint density at radius 2 is 2.50 bits per heavy atom. The van der Waals surface area contributed by atoms with Crippen LogP contribution in [0.4, 0.5) is 0 Å². The molecule has 0 saturated heterocycles. The predicted molar refractivity (Wildman–Crippen MR) is 40.3 cm³/mol. The van der Waals surface area contributed by atoms with Gasteiger partial charge in [-0.1, -0.05) is 6.08 Å². The summed E-state index contributed by atoms with van der Waals surface area (Å²) in [5, 5.41) is 3.09. The molecular weight excluding hydrogens is 126 g/mol. The monoisotopic (exact) mass is 135 g/mol. The number of dihydropyridines is 1. The standard InChI is InChI=1S/C7H9N3/c8-6-2-4-10-7-5(6)1-3-9-7/h1-5,7,9H,8H2. The molecule has 3 heteroatoms. The second-order valence-corrected chi connectivity index (χ2v) is 2.46. The highest BCUT2D eigenvalue weighted by molar-refractivity contribution is 5.74. The Kier molecular flexibility index (Phi) is 1.03. The van der Waals surface area contributed by atoms with Crippen molar-refractivity contribution in [3.63, 3.8) is 0 Å². The molecule has 2 heterocycles. The lowest BCUT2D eigenvalue weighted by Crippen LogP contribution is -2.30. The molecule has 2 aliphatic heterocycles. The fourth-order valence-corrected chi connectivity index (χ4v) is 1.23. The second kappa shape index (κ2) is 1.87. The number of hydrogen-bond acceptors (Lipinski definition) is 3. The number of aliphatic imine (C=N–C) groups is 1. The fourth-order valence-electron chi connectivity index (χ4n) is 1.23. The minimum absolute atomic E-state index is 0.157. The minimum atomic E-state index is 0.157. The van der Waals surface area contributed by atoms with Crippen molar-refractivity contribution in [1.29, 1.82) is 0 Å². The van der Waals surface area contributed by atoms with Crippen molar-refractivity contribution >= 4 is 6.21 Å². The molecule has 2 rings (SSSR count). The van der Waals surface area contributed by atoms with Crippen LogP contribution in [0.1, 0.15) is 0 Å². The van der Waals surface area contributed by atoms with Crippen LogP contribution in [0.5, 0.6) is 0 Å². The van der Waals surface area contributed by atoms with E-state index in [1.165, 1.54) is 0 Å². The molecule has 0 fully saturated rings. The minimum Gasteiger partial charge on any atom is -0.401 e. The summed E-state index contributed by atoms with van der Waals surface area (Å²) in [7, 11) is 0. The van der Waals surface area contributed by atoms with Gasteiger partial charge in [-0.25, -0.2) is 0 Å². The van der Waals surface area contributed by atoms with Crippen LogP contribution in [0, 0.1) is 5.92 Å². The highest BCUT2D eigenvalue weighted by Gasteiger charge is 2.24. The van der Waals surface area contributed by atoms with Crippen LogP contribution in [0.25, 0.3) is 0 Å². The summed E-state index contributed by atoms with van der Waals surface area (Å²) in [6.45, 7) is 0. The average molecular weight is 135 g/mol. The Hall–Kier alpha value is -1.25. The Labute approximate surface area is 59.3 Å². The normalized spacial score (nSPS) is 35.0. The molecular formula is C7H9N3. The van der Waals surface area contributed by atoms with E-state index in [9.17, 15) is 0 Å². The number of nitrogens with zero attached hydrogens (tertiary/aromatic N) is 1. The van der Waals surface area contributed by atoms with Gasteiger partial charge in [0.1, 0.15) is 6.17 Å². The van der Waals surface area contributed by atoms with Gasteiger partial charge in [-0.05, 0) is 12.3 Å². The van der Waals surface area contributed by atoms with Crippen molar-refractivity contribution in [2.24, 2.45) is 16.6 Å². The smallest absolute Gasteiger partial charge is 0.130 e. The van der Waals surface area contributed by atoms with Gasteiger partial charge in [0.2, 0.25) is 0 Å². The van der Waals surface area contributed by atoms with Gasteiger partial charge >= 0.3 is 0 Å². The van der Waals surface area contributed by atoms with Crippen molar-refractivity contribution in [2.45, 2.75) is 6.17 Å². The molecule has 0 amide bonds. The molecule has 0 saturated carbocycles. The van der Waals surface area contributed by atoms with Crippen LogP contribution < -0.4 is 11.1 Å². The van der Waals surface area contributed by atoms with Crippen LogP contribution in [0.2, 0.25) is 0 Å². The van der Waals surface area contributed by atoms with Gasteiger partial charge in [-0.15, -0.1) is 0 Å². The van der Waals surface area contributed by atoms with E-state index >= 15 is 0 Å². The maximum absolute atomic E-state index is 5.70. The SMILES string of the molecule is NC1=CC=NC2NC=CC12. The van der Waals surface area contributed by atoms with Gasteiger partial charge < -0.3 is 11.1 Å². The Morgan fingerprint density at radius 1 is 1.60 bits per heavy atom. The van der Waals surface area contributed by atoms with Crippen molar-refractivity contribution in [3.8, 4) is 0 Å². The zero-order chi connectivity index (χ0) is 6.97. The molecule has 2 atom stereocenters. The summed E-state index contributed by atoms with van der Waals surface area (Å²) in [5.74, 6) is 0.282. The third-order valence-corrected chi connectivity index (χ3v) is 1.81. The average Bonchev–Trinajstić information content (AvgIpc) is 2.36. The van der Waals surface area contributed by atoms with Gasteiger partial charge in [0.25, 0.3) is 0 Å². The topological polar surface area (TPSA) is 50.4 Å². The summed E-state index contributed by atoms with van der Waals surface area (Å²) in [5.41, 5.74) is 6.59. The van der Waals surface area contributed by atoms with E-state index in [1.807, 2.05) is 18.4 Å². The first-order chi connectivity index (χ1) is 4.88. The summed E-state index contributed by atoms with van der Waals surface area (Å²) in [4.78, 5) is 4.19. The van der Waals surface area contributed by atoms with Gasteiger partial charge in [-0.2, -0.15) is 0 Å². The summed E-state index contributed by atoms with van der Waals surface area (Å²) in [6, 6.07) is 0. The van der Waals surface area contributed by atoms with E-state index in [1.54, 1.807) is 6.21 Å². The molecule has 3 N–H and O–H groups in total. The molecule has 0 bridgehead atoms.